The van der Waals surface area contributed by atoms with Gasteiger partial charge in [-0.1, -0.05) is 36.4 Å². The van der Waals surface area contributed by atoms with Gasteiger partial charge in [-0.2, -0.15) is 0 Å². The molecule has 1 atom stereocenters. The fraction of sp³-hybridized carbons (Fsp3) is 0.278. The third kappa shape index (κ3) is 6.21. The summed E-state index contributed by atoms with van der Waals surface area (Å²) in [5.41, 5.74) is 1.77. The summed E-state index contributed by atoms with van der Waals surface area (Å²) in [5.74, 6) is -0.257. The molecule has 1 amide bonds. The third-order valence-corrected chi connectivity index (χ3v) is 4.09. The van der Waals surface area contributed by atoms with Gasteiger partial charge in [0.25, 0.3) is 5.91 Å². The van der Waals surface area contributed by atoms with E-state index in [4.69, 9.17) is 0 Å². The second kappa shape index (κ2) is 8.13. The van der Waals surface area contributed by atoms with Crippen LogP contribution in [-0.4, -0.2) is 46.1 Å². The summed E-state index contributed by atoms with van der Waals surface area (Å²) in [4.78, 5) is 14.6. The van der Waals surface area contributed by atoms with Crippen molar-refractivity contribution in [3.05, 3.63) is 65.7 Å². The average Bonchev–Trinajstić information content (AvgIpc) is 2.53. The summed E-state index contributed by atoms with van der Waals surface area (Å²) in [7, 11) is 0.496. The van der Waals surface area contributed by atoms with Gasteiger partial charge in [0.15, 0.2) is 0 Å². The molecule has 0 aliphatic rings. The van der Waals surface area contributed by atoms with Crippen LogP contribution in [0.3, 0.4) is 0 Å². The molecule has 134 valence electrons. The summed E-state index contributed by atoms with van der Waals surface area (Å²) in [6, 6.07) is 16.0. The van der Waals surface area contributed by atoms with E-state index in [-0.39, 0.29) is 11.9 Å². The molecular formula is C18H23N3O3S. The molecule has 2 aromatic carbocycles. The molecule has 0 radical (unpaired) electrons. The first-order valence-corrected chi connectivity index (χ1v) is 9.72. The molecule has 0 aliphatic heterocycles. The van der Waals surface area contributed by atoms with Gasteiger partial charge in [0.2, 0.25) is 10.0 Å². The lowest BCUT2D eigenvalue weighted by Crippen LogP contribution is -2.35. The quantitative estimate of drug-likeness (QED) is 0.792. The highest BCUT2D eigenvalue weighted by Gasteiger charge is 2.17. The fourth-order valence-corrected chi connectivity index (χ4v) is 3.02. The van der Waals surface area contributed by atoms with Crippen LogP contribution in [0.1, 0.15) is 22.0 Å². The van der Waals surface area contributed by atoms with Crippen molar-refractivity contribution >= 4 is 21.6 Å². The highest BCUT2D eigenvalue weighted by Crippen LogP contribution is 2.16. The zero-order valence-corrected chi connectivity index (χ0v) is 15.4. The Kier molecular flexibility index (Phi) is 6.17. The minimum atomic E-state index is -3.39. The predicted molar refractivity (Wildman–Crippen MR) is 100 cm³/mol. The Morgan fingerprint density at radius 3 is 2.36 bits per heavy atom. The lowest BCUT2D eigenvalue weighted by Gasteiger charge is -2.23. The van der Waals surface area contributed by atoms with Crippen molar-refractivity contribution in [2.45, 2.75) is 6.04 Å². The highest BCUT2D eigenvalue weighted by molar-refractivity contribution is 7.92. The van der Waals surface area contributed by atoms with Gasteiger partial charge in [-0.3, -0.25) is 9.52 Å². The lowest BCUT2D eigenvalue weighted by molar-refractivity contribution is 0.0930. The van der Waals surface area contributed by atoms with Crippen molar-refractivity contribution in [1.29, 1.82) is 0 Å². The number of anilines is 1. The van der Waals surface area contributed by atoms with Crippen molar-refractivity contribution in [2.75, 3.05) is 31.6 Å². The summed E-state index contributed by atoms with van der Waals surface area (Å²) in [5, 5.41) is 3.01. The van der Waals surface area contributed by atoms with Gasteiger partial charge >= 0.3 is 0 Å². The van der Waals surface area contributed by atoms with Gasteiger partial charge in [-0.05, 0) is 37.9 Å². The summed E-state index contributed by atoms with van der Waals surface area (Å²) in [6.07, 6.45) is 1.07. The maximum Gasteiger partial charge on any atom is 0.251 e. The number of amides is 1. The molecule has 25 heavy (non-hydrogen) atoms. The fourth-order valence-electron chi connectivity index (χ4n) is 2.46. The highest BCUT2D eigenvalue weighted by atomic mass is 32.2. The normalized spacial score (nSPS) is 12.6. The molecule has 7 heteroatoms. The zero-order chi connectivity index (χ0) is 18.4. The van der Waals surface area contributed by atoms with Gasteiger partial charge in [0.1, 0.15) is 0 Å². The van der Waals surface area contributed by atoms with E-state index in [1.54, 1.807) is 18.2 Å². The Hall–Kier alpha value is -2.38. The van der Waals surface area contributed by atoms with Gasteiger partial charge in [0, 0.05) is 17.8 Å². The largest absolute Gasteiger partial charge is 0.344 e. The SMILES string of the molecule is CN(C)CC(NC(=O)c1cccc(NS(C)(=O)=O)c1)c1ccccc1. The van der Waals surface area contributed by atoms with Crippen LogP contribution in [-0.2, 0) is 10.0 Å². The molecule has 0 aromatic heterocycles. The van der Waals surface area contributed by atoms with Crippen LogP contribution in [0.25, 0.3) is 0 Å². The van der Waals surface area contributed by atoms with Crippen molar-refractivity contribution in [2.24, 2.45) is 0 Å². The molecule has 0 heterocycles. The van der Waals surface area contributed by atoms with E-state index in [9.17, 15) is 13.2 Å². The van der Waals surface area contributed by atoms with Crippen molar-refractivity contribution in [1.82, 2.24) is 10.2 Å². The third-order valence-electron chi connectivity index (χ3n) is 3.48. The Bertz CT molecular complexity index is 820. The Morgan fingerprint density at radius 1 is 1.08 bits per heavy atom. The maximum absolute atomic E-state index is 12.6. The van der Waals surface area contributed by atoms with Gasteiger partial charge < -0.3 is 10.2 Å². The summed E-state index contributed by atoms with van der Waals surface area (Å²) >= 11 is 0. The number of rotatable bonds is 7. The molecule has 0 saturated carbocycles. The first-order valence-electron chi connectivity index (χ1n) is 7.83. The van der Waals surface area contributed by atoms with E-state index in [2.05, 4.69) is 10.0 Å². The van der Waals surface area contributed by atoms with Gasteiger partial charge in [0.05, 0.1) is 12.3 Å². The Balaban J connectivity index is 2.19. The molecule has 0 aliphatic carbocycles. The topological polar surface area (TPSA) is 78.5 Å². The van der Waals surface area contributed by atoms with Crippen molar-refractivity contribution in [3.63, 3.8) is 0 Å². The first-order chi connectivity index (χ1) is 11.7. The second-order valence-corrected chi connectivity index (χ2v) is 7.90. The minimum absolute atomic E-state index is 0.171. The van der Waals surface area contributed by atoms with Crippen LogP contribution in [0.15, 0.2) is 54.6 Å². The zero-order valence-electron chi connectivity index (χ0n) is 14.6. The molecule has 0 saturated heterocycles. The number of carbonyl (C=O) groups is 1. The number of hydrogen-bond acceptors (Lipinski definition) is 4. The second-order valence-electron chi connectivity index (χ2n) is 6.15. The molecule has 2 aromatic rings. The van der Waals surface area contributed by atoms with Crippen molar-refractivity contribution in [3.8, 4) is 0 Å². The number of benzene rings is 2. The van der Waals surface area contributed by atoms with Crippen LogP contribution < -0.4 is 10.0 Å². The molecular weight excluding hydrogens is 338 g/mol. The number of sulfonamides is 1. The predicted octanol–water partition coefficient (Wildman–Crippen LogP) is 2.09. The molecule has 2 N–H and O–H groups in total. The molecule has 0 spiro atoms. The Morgan fingerprint density at radius 2 is 1.76 bits per heavy atom. The maximum atomic E-state index is 12.6. The standard InChI is InChI=1S/C18H23N3O3S/c1-21(2)13-17(14-8-5-4-6-9-14)19-18(22)15-10-7-11-16(12-15)20-25(3,23)24/h4-12,17,20H,13H2,1-3H3,(H,19,22). The smallest absolute Gasteiger partial charge is 0.251 e. The molecule has 2 rings (SSSR count). The molecule has 0 fully saturated rings. The van der Waals surface area contributed by atoms with E-state index < -0.39 is 10.0 Å². The monoisotopic (exact) mass is 361 g/mol. The molecule has 1 unspecified atom stereocenters. The molecule has 0 bridgehead atoms. The number of carbonyl (C=O) groups excluding carboxylic acids is 1. The lowest BCUT2D eigenvalue weighted by atomic mass is 10.1. The Labute approximate surface area is 148 Å². The van der Waals surface area contributed by atoms with E-state index in [1.807, 2.05) is 49.3 Å². The minimum Gasteiger partial charge on any atom is -0.344 e. The van der Waals surface area contributed by atoms with E-state index in [0.29, 0.717) is 17.8 Å². The van der Waals surface area contributed by atoms with Gasteiger partial charge in [-0.15, -0.1) is 0 Å². The van der Waals surface area contributed by atoms with E-state index >= 15 is 0 Å². The van der Waals surface area contributed by atoms with Crippen LogP contribution in [0.4, 0.5) is 5.69 Å². The number of nitrogens with zero attached hydrogens (tertiary/aromatic N) is 1. The van der Waals surface area contributed by atoms with Crippen LogP contribution in [0.2, 0.25) is 0 Å². The molecule has 6 nitrogen and oxygen atoms in total. The first kappa shape index (κ1) is 19.0. The summed E-state index contributed by atoms with van der Waals surface area (Å²) < 4.78 is 25.1. The summed E-state index contributed by atoms with van der Waals surface area (Å²) in [6.45, 7) is 0.650. The number of nitrogens with one attached hydrogen (secondary N) is 2. The van der Waals surface area contributed by atoms with Crippen LogP contribution >= 0.6 is 0 Å². The number of hydrogen-bond donors (Lipinski definition) is 2. The average molecular weight is 361 g/mol. The number of likely N-dealkylation sites (N-methyl/N-ethyl adjacent to an activating group) is 1. The van der Waals surface area contributed by atoms with E-state index in [0.717, 1.165) is 11.8 Å². The van der Waals surface area contributed by atoms with Gasteiger partial charge in [-0.25, -0.2) is 8.42 Å². The van der Waals surface area contributed by atoms with Crippen LogP contribution in [0, 0.1) is 0 Å². The van der Waals surface area contributed by atoms with Crippen molar-refractivity contribution < 1.29 is 13.2 Å². The van der Waals surface area contributed by atoms with Crippen LogP contribution in [0.5, 0.6) is 0 Å². The van der Waals surface area contributed by atoms with E-state index in [1.165, 1.54) is 6.07 Å².